The van der Waals surface area contributed by atoms with Crippen LogP contribution in [0, 0.1) is 24.0 Å². The molecule has 1 fully saturated rings. The Morgan fingerprint density at radius 3 is 2.57 bits per heavy atom. The van der Waals surface area contributed by atoms with E-state index in [1.165, 1.54) is 11.6 Å². The van der Waals surface area contributed by atoms with E-state index in [0.29, 0.717) is 16.9 Å². The molecule has 1 aliphatic rings. The van der Waals surface area contributed by atoms with Gasteiger partial charge in [-0.3, -0.25) is 24.4 Å². The predicted octanol–water partition coefficient (Wildman–Crippen LogP) is 2.72. The summed E-state index contributed by atoms with van der Waals surface area (Å²) in [7, 11) is 0. The molecule has 0 radical (unpaired) electrons. The van der Waals surface area contributed by atoms with Crippen molar-refractivity contribution in [1.29, 1.82) is 0 Å². The van der Waals surface area contributed by atoms with Crippen LogP contribution in [0.15, 0.2) is 24.3 Å². The lowest BCUT2D eigenvalue weighted by Gasteiger charge is -2.15. The predicted molar refractivity (Wildman–Crippen MR) is 103 cm³/mol. The summed E-state index contributed by atoms with van der Waals surface area (Å²) in [5.41, 5.74) is 1.27. The van der Waals surface area contributed by atoms with E-state index in [2.05, 4.69) is 15.7 Å². The number of anilines is 1. The molecule has 9 nitrogen and oxygen atoms in total. The highest BCUT2D eigenvalue weighted by Gasteiger charge is 2.24. The second-order valence-corrected chi connectivity index (χ2v) is 6.98. The molecule has 2 N–H and O–H groups in total. The first-order chi connectivity index (χ1) is 13.4. The van der Waals surface area contributed by atoms with E-state index in [9.17, 15) is 19.7 Å². The lowest BCUT2D eigenvalue weighted by Crippen LogP contribution is -2.33. The van der Waals surface area contributed by atoms with Gasteiger partial charge >= 0.3 is 5.69 Å². The third-order valence-electron chi connectivity index (χ3n) is 4.96. The van der Waals surface area contributed by atoms with Crippen molar-refractivity contribution in [2.24, 2.45) is 0 Å². The first kappa shape index (κ1) is 19.5. The Morgan fingerprint density at radius 1 is 1.25 bits per heavy atom. The Hall–Kier alpha value is -3.23. The molecule has 148 valence electrons. The second-order valence-electron chi connectivity index (χ2n) is 6.98. The number of amides is 2. The summed E-state index contributed by atoms with van der Waals surface area (Å²) in [6.45, 7) is 2.90. The SMILES string of the molecule is Cc1nn(CC(=O)Nc2ccccc2C(=O)NC2CCCC2)c(C)c1[N+](=O)[O-]. The molecule has 1 heterocycles. The van der Waals surface area contributed by atoms with Gasteiger partial charge in [-0.15, -0.1) is 0 Å². The standard InChI is InChI=1S/C19H23N5O4/c1-12-18(24(27)28)13(2)23(22-12)11-17(25)21-16-10-6-5-9-15(16)19(26)20-14-7-3-4-8-14/h5-6,9-10,14H,3-4,7-8,11H2,1-2H3,(H,20,26)(H,21,25). The Bertz CT molecular complexity index is 915. The molecule has 1 aromatic heterocycles. The first-order valence-electron chi connectivity index (χ1n) is 9.25. The monoisotopic (exact) mass is 385 g/mol. The Kier molecular flexibility index (Phi) is 5.72. The van der Waals surface area contributed by atoms with Crippen LogP contribution in [0.1, 0.15) is 47.4 Å². The molecule has 0 aliphatic heterocycles. The van der Waals surface area contributed by atoms with Crippen molar-refractivity contribution in [2.75, 3.05) is 5.32 Å². The molecule has 2 amide bonds. The van der Waals surface area contributed by atoms with Crippen LogP contribution in [-0.2, 0) is 11.3 Å². The van der Waals surface area contributed by atoms with Crippen LogP contribution >= 0.6 is 0 Å². The minimum Gasteiger partial charge on any atom is -0.349 e. The average Bonchev–Trinajstić information content (AvgIpc) is 3.23. The van der Waals surface area contributed by atoms with Crippen molar-refractivity contribution >= 4 is 23.2 Å². The molecule has 1 saturated carbocycles. The van der Waals surface area contributed by atoms with Crippen LogP contribution < -0.4 is 10.6 Å². The average molecular weight is 385 g/mol. The number of carbonyl (C=O) groups excluding carboxylic acids is 2. The van der Waals surface area contributed by atoms with Crippen molar-refractivity contribution in [3.05, 3.63) is 51.3 Å². The Balaban J connectivity index is 1.72. The third-order valence-corrected chi connectivity index (χ3v) is 4.96. The molecule has 0 unspecified atom stereocenters. The summed E-state index contributed by atoms with van der Waals surface area (Å²) in [6, 6.07) is 6.96. The van der Waals surface area contributed by atoms with Gasteiger partial charge in [0.25, 0.3) is 5.91 Å². The molecule has 0 spiro atoms. The largest absolute Gasteiger partial charge is 0.349 e. The summed E-state index contributed by atoms with van der Waals surface area (Å²) < 4.78 is 1.30. The third kappa shape index (κ3) is 4.19. The van der Waals surface area contributed by atoms with Gasteiger partial charge < -0.3 is 10.6 Å². The number of carbonyl (C=O) groups is 2. The lowest BCUT2D eigenvalue weighted by molar-refractivity contribution is -0.386. The van der Waals surface area contributed by atoms with E-state index in [4.69, 9.17) is 0 Å². The van der Waals surface area contributed by atoms with Crippen LogP contribution in [0.5, 0.6) is 0 Å². The van der Waals surface area contributed by atoms with E-state index in [-0.39, 0.29) is 29.9 Å². The zero-order chi connectivity index (χ0) is 20.3. The molecule has 0 atom stereocenters. The normalized spacial score (nSPS) is 14.1. The minimum atomic E-state index is -0.505. The number of nitro groups is 1. The van der Waals surface area contributed by atoms with Crippen molar-refractivity contribution in [1.82, 2.24) is 15.1 Å². The summed E-state index contributed by atoms with van der Waals surface area (Å²) in [5, 5.41) is 20.9. The maximum absolute atomic E-state index is 12.6. The lowest BCUT2D eigenvalue weighted by atomic mass is 10.1. The van der Waals surface area contributed by atoms with Gasteiger partial charge in [0.2, 0.25) is 5.91 Å². The van der Waals surface area contributed by atoms with Crippen LogP contribution in [-0.4, -0.2) is 32.6 Å². The molecule has 1 aromatic carbocycles. The number of aryl methyl sites for hydroxylation is 1. The molecule has 9 heteroatoms. The van der Waals surface area contributed by atoms with Gasteiger partial charge in [0.1, 0.15) is 17.9 Å². The van der Waals surface area contributed by atoms with E-state index in [0.717, 1.165) is 25.7 Å². The van der Waals surface area contributed by atoms with Gasteiger partial charge in [-0.1, -0.05) is 25.0 Å². The molecule has 1 aliphatic carbocycles. The summed E-state index contributed by atoms with van der Waals surface area (Å²) in [6.07, 6.45) is 4.16. The summed E-state index contributed by atoms with van der Waals surface area (Å²) in [4.78, 5) is 35.7. The quantitative estimate of drug-likeness (QED) is 0.585. The number of hydrogen-bond acceptors (Lipinski definition) is 5. The molecule has 28 heavy (non-hydrogen) atoms. The van der Waals surface area contributed by atoms with Crippen LogP contribution in [0.2, 0.25) is 0 Å². The molecule has 0 bridgehead atoms. The van der Waals surface area contributed by atoms with Crippen molar-refractivity contribution in [2.45, 2.75) is 52.1 Å². The number of benzene rings is 1. The molecule has 3 rings (SSSR count). The van der Waals surface area contributed by atoms with Gasteiger partial charge in [0, 0.05) is 6.04 Å². The topological polar surface area (TPSA) is 119 Å². The van der Waals surface area contributed by atoms with E-state index in [1.807, 2.05) is 0 Å². The number of rotatable bonds is 6. The fourth-order valence-electron chi connectivity index (χ4n) is 3.55. The number of aromatic nitrogens is 2. The molecule has 2 aromatic rings. The van der Waals surface area contributed by atoms with E-state index < -0.39 is 10.8 Å². The van der Waals surface area contributed by atoms with E-state index >= 15 is 0 Å². The van der Waals surface area contributed by atoms with Crippen LogP contribution in [0.4, 0.5) is 11.4 Å². The second kappa shape index (κ2) is 8.20. The summed E-state index contributed by atoms with van der Waals surface area (Å²) in [5.74, 6) is -0.633. The van der Waals surface area contributed by atoms with Crippen LogP contribution in [0.3, 0.4) is 0 Å². The van der Waals surface area contributed by atoms with E-state index in [1.54, 1.807) is 31.2 Å². The highest BCUT2D eigenvalue weighted by Crippen LogP contribution is 2.23. The van der Waals surface area contributed by atoms with Gasteiger partial charge in [0.15, 0.2) is 0 Å². The number of nitrogens with zero attached hydrogens (tertiary/aromatic N) is 3. The van der Waals surface area contributed by atoms with Crippen molar-refractivity contribution in [3.63, 3.8) is 0 Å². The van der Waals surface area contributed by atoms with Gasteiger partial charge in [-0.05, 0) is 38.8 Å². The number of nitrogens with one attached hydrogen (secondary N) is 2. The Labute approximate surface area is 162 Å². The molecule has 0 saturated heterocycles. The van der Waals surface area contributed by atoms with Gasteiger partial charge in [0.05, 0.1) is 16.2 Å². The highest BCUT2D eigenvalue weighted by molar-refractivity contribution is 6.03. The van der Waals surface area contributed by atoms with Gasteiger partial charge in [-0.2, -0.15) is 5.10 Å². The molecular weight excluding hydrogens is 362 g/mol. The maximum atomic E-state index is 12.6. The van der Waals surface area contributed by atoms with Crippen LogP contribution in [0.25, 0.3) is 0 Å². The number of hydrogen-bond donors (Lipinski definition) is 2. The smallest absolute Gasteiger partial charge is 0.312 e. The van der Waals surface area contributed by atoms with Crippen molar-refractivity contribution < 1.29 is 14.5 Å². The maximum Gasteiger partial charge on any atom is 0.312 e. The zero-order valence-corrected chi connectivity index (χ0v) is 15.9. The zero-order valence-electron chi connectivity index (χ0n) is 15.9. The fourth-order valence-corrected chi connectivity index (χ4v) is 3.55. The van der Waals surface area contributed by atoms with Crippen molar-refractivity contribution in [3.8, 4) is 0 Å². The highest BCUT2D eigenvalue weighted by atomic mass is 16.6. The number of para-hydroxylation sites is 1. The fraction of sp³-hybridized carbons (Fsp3) is 0.421. The van der Waals surface area contributed by atoms with Gasteiger partial charge in [-0.25, -0.2) is 0 Å². The first-order valence-corrected chi connectivity index (χ1v) is 9.25. The minimum absolute atomic E-state index is 0.0934. The molecular formula is C19H23N5O4. The summed E-state index contributed by atoms with van der Waals surface area (Å²) >= 11 is 0. The Morgan fingerprint density at radius 2 is 1.93 bits per heavy atom.